The van der Waals surface area contributed by atoms with E-state index in [4.69, 9.17) is 15.6 Å². The van der Waals surface area contributed by atoms with Crippen molar-refractivity contribution in [2.45, 2.75) is 57.1 Å². The summed E-state index contributed by atoms with van der Waals surface area (Å²) in [4.78, 5) is 21.7. The average Bonchev–Trinajstić information content (AvgIpc) is 2.51. The van der Waals surface area contributed by atoms with Gasteiger partial charge in [-0.3, -0.25) is 4.79 Å². The van der Waals surface area contributed by atoms with E-state index in [9.17, 15) is 9.59 Å². The Morgan fingerprint density at radius 3 is 2.00 bits per heavy atom. The van der Waals surface area contributed by atoms with Gasteiger partial charge >= 0.3 is 11.9 Å². The molecule has 144 valence electrons. The lowest BCUT2D eigenvalue weighted by molar-refractivity contribution is -0.169. The Kier molecular flexibility index (Phi) is 7.17. The summed E-state index contributed by atoms with van der Waals surface area (Å²) in [6, 6.07) is 0. The molecule has 1 unspecified atom stereocenters. The second-order valence-corrected chi connectivity index (χ2v) is 8.45. The standard InChI is InChI=1S/C10H17N.C8H14O5S/c11-10-4-7-1-8(5-10)3-9(2-7)6-10;1-5(4-14)8(11)13-6(3-12-2)7(9)10/h7-9H,1-6,11H2;5-6,14H,3-4H2,1-2H3,(H,9,10)/t;5-,6?/m.1/s1. The quantitative estimate of drug-likeness (QED) is 0.487. The molecule has 3 N–H and O–H groups in total. The van der Waals surface area contributed by atoms with Gasteiger partial charge in [-0.15, -0.1) is 0 Å². The summed E-state index contributed by atoms with van der Waals surface area (Å²) < 4.78 is 9.30. The lowest BCUT2D eigenvalue weighted by Gasteiger charge is -2.55. The number of thiol groups is 1. The smallest absolute Gasteiger partial charge is 0.347 e. The predicted molar refractivity (Wildman–Crippen MR) is 97.5 cm³/mol. The molecule has 4 saturated carbocycles. The predicted octanol–water partition coefficient (Wildman–Crippen LogP) is 2.11. The highest BCUT2D eigenvalue weighted by molar-refractivity contribution is 7.80. The summed E-state index contributed by atoms with van der Waals surface area (Å²) in [5.41, 5.74) is 6.62. The van der Waals surface area contributed by atoms with E-state index in [0.29, 0.717) is 11.3 Å². The number of nitrogens with two attached hydrogens (primary N) is 1. The molecule has 0 spiro atoms. The van der Waals surface area contributed by atoms with Crippen molar-refractivity contribution < 1.29 is 24.2 Å². The Hall–Kier alpha value is -0.790. The molecule has 0 aromatic rings. The number of rotatable bonds is 6. The van der Waals surface area contributed by atoms with E-state index < -0.39 is 24.0 Å². The van der Waals surface area contributed by atoms with Crippen LogP contribution in [0.5, 0.6) is 0 Å². The Morgan fingerprint density at radius 1 is 1.20 bits per heavy atom. The SMILES string of the molecule is COCC(OC(=O)[C@H](C)CS)C(=O)O.NC12CC3CC(CC(C3)C1)C2. The van der Waals surface area contributed by atoms with Gasteiger partial charge in [-0.25, -0.2) is 4.79 Å². The number of carbonyl (C=O) groups excluding carboxylic acids is 1. The van der Waals surface area contributed by atoms with Crippen LogP contribution >= 0.6 is 12.6 Å². The number of hydrogen-bond acceptors (Lipinski definition) is 6. The van der Waals surface area contributed by atoms with Crippen molar-refractivity contribution >= 4 is 24.6 Å². The molecular weight excluding hydrogens is 342 g/mol. The third kappa shape index (κ3) is 5.59. The fourth-order valence-corrected chi connectivity index (χ4v) is 4.96. The molecule has 2 atom stereocenters. The molecule has 4 aliphatic rings. The summed E-state index contributed by atoms with van der Waals surface area (Å²) in [7, 11) is 1.34. The van der Waals surface area contributed by atoms with Crippen LogP contribution in [0.2, 0.25) is 0 Å². The minimum absolute atomic E-state index is 0.152. The summed E-state index contributed by atoms with van der Waals surface area (Å²) in [5, 5.41) is 8.63. The van der Waals surface area contributed by atoms with Gasteiger partial charge in [0, 0.05) is 18.4 Å². The molecule has 0 amide bonds. The minimum Gasteiger partial charge on any atom is -0.478 e. The van der Waals surface area contributed by atoms with Crippen LogP contribution in [0.4, 0.5) is 0 Å². The zero-order valence-corrected chi connectivity index (χ0v) is 16.0. The van der Waals surface area contributed by atoms with Gasteiger partial charge in [0.15, 0.2) is 0 Å². The number of aliphatic carboxylic acids is 1. The van der Waals surface area contributed by atoms with Crippen molar-refractivity contribution in [3.8, 4) is 0 Å². The molecule has 6 nitrogen and oxygen atoms in total. The molecule has 4 fully saturated rings. The second kappa shape index (κ2) is 8.73. The maximum Gasteiger partial charge on any atom is 0.347 e. The van der Waals surface area contributed by atoms with Crippen LogP contribution in [0.15, 0.2) is 0 Å². The van der Waals surface area contributed by atoms with Gasteiger partial charge < -0.3 is 20.3 Å². The number of carboxylic acid groups (broad SMARTS) is 1. The Balaban J connectivity index is 0.000000183. The first-order chi connectivity index (χ1) is 11.8. The van der Waals surface area contributed by atoms with E-state index >= 15 is 0 Å². The fourth-order valence-electron chi connectivity index (χ4n) is 4.82. The van der Waals surface area contributed by atoms with Crippen LogP contribution in [0.1, 0.15) is 45.4 Å². The molecule has 7 heteroatoms. The van der Waals surface area contributed by atoms with E-state index in [1.165, 1.54) is 45.6 Å². The summed E-state index contributed by atoms with van der Waals surface area (Å²) in [6.45, 7) is 1.46. The molecule has 0 aliphatic heterocycles. The highest BCUT2D eigenvalue weighted by Gasteiger charge is 2.48. The van der Waals surface area contributed by atoms with Crippen LogP contribution in [-0.4, -0.2) is 48.2 Å². The van der Waals surface area contributed by atoms with Crippen molar-refractivity contribution in [2.24, 2.45) is 29.4 Å². The monoisotopic (exact) mass is 373 g/mol. The van der Waals surface area contributed by atoms with Crippen molar-refractivity contribution in [3.05, 3.63) is 0 Å². The molecular formula is C18H31NO5S. The molecule has 0 saturated heterocycles. The highest BCUT2D eigenvalue weighted by Crippen LogP contribution is 2.54. The zero-order valence-electron chi connectivity index (χ0n) is 15.1. The van der Waals surface area contributed by atoms with Gasteiger partial charge in [-0.1, -0.05) is 6.92 Å². The summed E-state index contributed by atoms with van der Waals surface area (Å²) in [5.74, 6) is 1.16. The highest BCUT2D eigenvalue weighted by atomic mass is 32.1. The van der Waals surface area contributed by atoms with Crippen LogP contribution in [0.25, 0.3) is 0 Å². The maximum absolute atomic E-state index is 11.2. The molecule has 4 aliphatic carbocycles. The van der Waals surface area contributed by atoms with E-state index in [1.807, 2.05) is 0 Å². The fraction of sp³-hybridized carbons (Fsp3) is 0.889. The maximum atomic E-state index is 11.2. The first-order valence-electron chi connectivity index (χ1n) is 9.08. The molecule has 4 rings (SSSR count). The number of carboxylic acids is 1. The largest absolute Gasteiger partial charge is 0.478 e. The van der Waals surface area contributed by atoms with Gasteiger partial charge in [0.1, 0.15) is 0 Å². The topological polar surface area (TPSA) is 98.8 Å². The third-order valence-electron chi connectivity index (χ3n) is 5.61. The van der Waals surface area contributed by atoms with Crippen molar-refractivity contribution in [1.82, 2.24) is 0 Å². The van der Waals surface area contributed by atoms with Crippen LogP contribution < -0.4 is 5.73 Å². The normalized spacial score (nSPS) is 34.6. The van der Waals surface area contributed by atoms with Gasteiger partial charge in [-0.2, -0.15) is 12.6 Å². The van der Waals surface area contributed by atoms with Crippen molar-refractivity contribution in [3.63, 3.8) is 0 Å². The number of hydrogen-bond donors (Lipinski definition) is 3. The van der Waals surface area contributed by atoms with Crippen LogP contribution in [-0.2, 0) is 19.1 Å². The Morgan fingerprint density at radius 2 is 1.68 bits per heavy atom. The Bertz CT molecular complexity index is 449. The van der Waals surface area contributed by atoms with Gasteiger partial charge in [0.2, 0.25) is 6.10 Å². The molecule has 0 aromatic heterocycles. The van der Waals surface area contributed by atoms with E-state index in [1.54, 1.807) is 6.92 Å². The van der Waals surface area contributed by atoms with Gasteiger partial charge in [0.05, 0.1) is 12.5 Å². The third-order valence-corrected chi connectivity index (χ3v) is 6.16. The van der Waals surface area contributed by atoms with E-state index in [2.05, 4.69) is 17.4 Å². The van der Waals surface area contributed by atoms with Crippen molar-refractivity contribution in [2.75, 3.05) is 19.5 Å². The summed E-state index contributed by atoms with van der Waals surface area (Å²) in [6.07, 6.45) is 7.33. The molecule has 0 radical (unpaired) electrons. The zero-order chi connectivity index (χ0) is 18.6. The molecule has 0 aromatic carbocycles. The van der Waals surface area contributed by atoms with Crippen LogP contribution in [0.3, 0.4) is 0 Å². The number of ether oxygens (including phenoxy) is 2. The molecule has 0 heterocycles. The van der Waals surface area contributed by atoms with Gasteiger partial charge in [-0.05, 0) is 56.3 Å². The molecule has 25 heavy (non-hydrogen) atoms. The number of methoxy groups -OCH3 is 1. The lowest BCUT2D eigenvalue weighted by Crippen LogP contribution is -2.55. The number of carbonyl (C=O) groups is 2. The van der Waals surface area contributed by atoms with Gasteiger partial charge in [0.25, 0.3) is 0 Å². The van der Waals surface area contributed by atoms with E-state index in [0.717, 1.165) is 17.8 Å². The lowest BCUT2D eigenvalue weighted by atomic mass is 9.53. The second-order valence-electron chi connectivity index (χ2n) is 8.08. The van der Waals surface area contributed by atoms with Crippen LogP contribution in [0, 0.1) is 23.7 Å². The Labute approximate surface area is 155 Å². The minimum atomic E-state index is -1.24. The van der Waals surface area contributed by atoms with Crippen molar-refractivity contribution in [1.29, 1.82) is 0 Å². The van der Waals surface area contributed by atoms with E-state index in [-0.39, 0.29) is 6.61 Å². The summed E-state index contributed by atoms with van der Waals surface area (Å²) >= 11 is 3.90. The molecule has 4 bridgehead atoms. The first-order valence-corrected chi connectivity index (χ1v) is 9.71. The average molecular weight is 374 g/mol. The first kappa shape index (κ1) is 20.5. The number of esters is 1.